The van der Waals surface area contributed by atoms with E-state index in [9.17, 15) is 12.8 Å². The first kappa shape index (κ1) is 14.4. The van der Waals surface area contributed by atoms with Crippen LogP contribution in [0.5, 0.6) is 0 Å². The van der Waals surface area contributed by atoms with Gasteiger partial charge in [-0.15, -0.1) is 0 Å². The molecule has 7 heteroatoms. The number of halogens is 1. The Morgan fingerprint density at radius 1 is 1.47 bits per heavy atom. The van der Waals surface area contributed by atoms with Crippen LogP contribution in [0.3, 0.4) is 0 Å². The number of pyridine rings is 1. The Bertz CT molecular complexity index is 542. The van der Waals surface area contributed by atoms with Crippen LogP contribution in [0.4, 0.5) is 4.39 Å². The molecule has 2 heterocycles. The van der Waals surface area contributed by atoms with Crippen molar-refractivity contribution in [2.75, 3.05) is 19.6 Å². The molecule has 0 aromatic carbocycles. The van der Waals surface area contributed by atoms with Crippen LogP contribution in [0.2, 0.25) is 0 Å². The number of nitrogens with one attached hydrogen (secondary N) is 2. The van der Waals surface area contributed by atoms with Crippen LogP contribution in [-0.2, 0) is 10.0 Å². The van der Waals surface area contributed by atoms with Crippen molar-refractivity contribution < 1.29 is 12.8 Å². The van der Waals surface area contributed by atoms with Gasteiger partial charge in [0.05, 0.1) is 0 Å². The van der Waals surface area contributed by atoms with E-state index in [1.165, 1.54) is 12.3 Å². The summed E-state index contributed by atoms with van der Waals surface area (Å²) in [4.78, 5) is 3.60. The Balaban J connectivity index is 2.08. The summed E-state index contributed by atoms with van der Waals surface area (Å²) in [6.45, 7) is 4.07. The molecule has 0 aliphatic carbocycles. The summed E-state index contributed by atoms with van der Waals surface area (Å²) in [5, 5.41) is 2.69. The number of hydrogen-bond acceptors (Lipinski definition) is 4. The zero-order valence-electron chi connectivity index (χ0n) is 10.8. The molecule has 0 spiro atoms. The first-order valence-electron chi connectivity index (χ1n) is 6.24. The lowest BCUT2D eigenvalue weighted by Gasteiger charge is -2.33. The lowest BCUT2D eigenvalue weighted by atomic mass is 9.81. The molecule has 0 saturated carbocycles. The van der Waals surface area contributed by atoms with Crippen molar-refractivity contribution >= 4 is 10.0 Å². The molecule has 5 nitrogen and oxygen atoms in total. The third kappa shape index (κ3) is 3.49. The number of hydrogen-bond donors (Lipinski definition) is 2. The molecule has 0 unspecified atom stereocenters. The van der Waals surface area contributed by atoms with Crippen molar-refractivity contribution in [2.24, 2.45) is 5.41 Å². The lowest BCUT2D eigenvalue weighted by molar-refractivity contribution is 0.232. The SMILES string of the molecule is CC1(CNS(=O)(=O)c2ncccc2F)CCNCC1. The minimum atomic E-state index is -3.88. The molecule has 0 radical (unpaired) electrons. The molecule has 106 valence electrons. The molecule has 0 atom stereocenters. The second-order valence-electron chi connectivity index (χ2n) is 5.18. The lowest BCUT2D eigenvalue weighted by Crippen LogP contribution is -2.43. The second-order valence-corrected chi connectivity index (χ2v) is 6.86. The average Bonchev–Trinajstić information content (AvgIpc) is 2.38. The van der Waals surface area contributed by atoms with E-state index in [0.29, 0.717) is 6.54 Å². The Morgan fingerprint density at radius 2 is 2.16 bits per heavy atom. The molecule has 1 saturated heterocycles. The van der Waals surface area contributed by atoms with Crippen molar-refractivity contribution in [1.29, 1.82) is 0 Å². The van der Waals surface area contributed by atoms with Crippen molar-refractivity contribution in [2.45, 2.75) is 24.8 Å². The van der Waals surface area contributed by atoms with Crippen LogP contribution in [-0.4, -0.2) is 33.0 Å². The maximum atomic E-state index is 13.5. The molecule has 1 aromatic heterocycles. The first-order valence-corrected chi connectivity index (χ1v) is 7.72. The normalized spacial score (nSPS) is 19.3. The summed E-state index contributed by atoms with van der Waals surface area (Å²) in [5.74, 6) is -0.828. The first-order chi connectivity index (χ1) is 8.93. The van der Waals surface area contributed by atoms with Crippen molar-refractivity contribution in [3.63, 3.8) is 0 Å². The molecule has 2 rings (SSSR count). The quantitative estimate of drug-likeness (QED) is 0.863. The van der Waals surface area contributed by atoms with Gasteiger partial charge in [-0.3, -0.25) is 0 Å². The maximum Gasteiger partial charge on any atom is 0.261 e. The predicted octanol–water partition coefficient (Wildman–Crippen LogP) is 0.889. The molecular weight excluding hydrogens is 269 g/mol. The largest absolute Gasteiger partial charge is 0.317 e. The summed E-state index contributed by atoms with van der Waals surface area (Å²) in [6, 6.07) is 2.45. The number of nitrogens with zero attached hydrogens (tertiary/aromatic N) is 1. The molecule has 0 bridgehead atoms. The van der Waals surface area contributed by atoms with Crippen LogP contribution in [0.1, 0.15) is 19.8 Å². The van der Waals surface area contributed by atoms with E-state index in [2.05, 4.69) is 15.0 Å². The Hall–Kier alpha value is -1.05. The zero-order valence-corrected chi connectivity index (χ0v) is 11.6. The highest BCUT2D eigenvalue weighted by Crippen LogP contribution is 2.27. The highest BCUT2D eigenvalue weighted by molar-refractivity contribution is 7.89. The molecule has 19 heavy (non-hydrogen) atoms. The van der Waals surface area contributed by atoms with E-state index in [4.69, 9.17) is 0 Å². The van der Waals surface area contributed by atoms with E-state index in [-0.39, 0.29) is 5.41 Å². The molecule has 1 fully saturated rings. The van der Waals surface area contributed by atoms with E-state index >= 15 is 0 Å². The van der Waals surface area contributed by atoms with Gasteiger partial charge in [0.15, 0.2) is 5.82 Å². The van der Waals surface area contributed by atoms with Gasteiger partial charge in [0.25, 0.3) is 10.0 Å². The predicted molar refractivity (Wildman–Crippen MR) is 69.6 cm³/mol. The standard InChI is InChI=1S/C12H18FN3O2S/c1-12(4-7-14-8-5-12)9-16-19(17,18)11-10(13)3-2-6-15-11/h2-3,6,14,16H,4-5,7-9H2,1H3. The Kier molecular flexibility index (Phi) is 4.17. The fourth-order valence-electron chi connectivity index (χ4n) is 2.11. The number of rotatable bonds is 4. The molecule has 0 amide bonds. The fraction of sp³-hybridized carbons (Fsp3) is 0.583. The van der Waals surface area contributed by atoms with E-state index < -0.39 is 20.9 Å². The zero-order chi connectivity index (χ0) is 13.9. The molecule has 2 N–H and O–H groups in total. The average molecular weight is 287 g/mol. The molecular formula is C12H18FN3O2S. The molecule has 1 aromatic rings. The monoisotopic (exact) mass is 287 g/mol. The minimum Gasteiger partial charge on any atom is -0.317 e. The number of aromatic nitrogens is 1. The van der Waals surface area contributed by atoms with Crippen molar-refractivity contribution in [3.05, 3.63) is 24.1 Å². The van der Waals surface area contributed by atoms with Crippen LogP contribution in [0.15, 0.2) is 23.4 Å². The second kappa shape index (κ2) is 5.52. The van der Waals surface area contributed by atoms with E-state index in [1.807, 2.05) is 6.92 Å². The van der Waals surface area contributed by atoms with Gasteiger partial charge in [0, 0.05) is 12.7 Å². The third-order valence-electron chi connectivity index (χ3n) is 3.48. The van der Waals surface area contributed by atoms with Crippen LogP contribution >= 0.6 is 0 Å². The molecule has 1 aliphatic rings. The highest BCUT2D eigenvalue weighted by Gasteiger charge is 2.29. The summed E-state index contributed by atoms with van der Waals surface area (Å²) >= 11 is 0. The molecule has 1 aliphatic heterocycles. The van der Waals surface area contributed by atoms with Gasteiger partial charge >= 0.3 is 0 Å². The van der Waals surface area contributed by atoms with Gasteiger partial charge in [-0.05, 0) is 43.5 Å². The van der Waals surface area contributed by atoms with Crippen LogP contribution in [0, 0.1) is 11.2 Å². The highest BCUT2D eigenvalue weighted by atomic mass is 32.2. The van der Waals surface area contributed by atoms with E-state index in [0.717, 1.165) is 32.0 Å². The Labute approximate surface area is 112 Å². The van der Waals surface area contributed by atoms with Gasteiger partial charge in [-0.2, -0.15) is 0 Å². The van der Waals surface area contributed by atoms with Crippen LogP contribution in [0.25, 0.3) is 0 Å². The number of piperidine rings is 1. The summed E-state index contributed by atoms with van der Waals surface area (Å²) in [5.41, 5.74) is -0.0937. The van der Waals surface area contributed by atoms with Gasteiger partial charge in [-0.1, -0.05) is 6.92 Å². The summed E-state index contributed by atoms with van der Waals surface area (Å²) in [7, 11) is -3.88. The van der Waals surface area contributed by atoms with Gasteiger partial charge in [0.1, 0.15) is 0 Å². The Morgan fingerprint density at radius 3 is 2.79 bits per heavy atom. The smallest absolute Gasteiger partial charge is 0.261 e. The van der Waals surface area contributed by atoms with Crippen molar-refractivity contribution in [1.82, 2.24) is 15.0 Å². The van der Waals surface area contributed by atoms with Gasteiger partial charge in [0.2, 0.25) is 5.03 Å². The van der Waals surface area contributed by atoms with E-state index in [1.54, 1.807) is 0 Å². The summed E-state index contributed by atoms with van der Waals surface area (Å²) in [6.07, 6.45) is 3.05. The minimum absolute atomic E-state index is 0.0937. The van der Waals surface area contributed by atoms with Crippen LogP contribution < -0.4 is 10.0 Å². The number of sulfonamides is 1. The topological polar surface area (TPSA) is 71.1 Å². The van der Waals surface area contributed by atoms with Gasteiger partial charge < -0.3 is 5.32 Å². The maximum absolute atomic E-state index is 13.5. The van der Waals surface area contributed by atoms with Gasteiger partial charge in [-0.25, -0.2) is 22.5 Å². The third-order valence-corrected chi connectivity index (χ3v) is 4.81. The fourth-order valence-corrected chi connectivity index (χ4v) is 3.31. The summed E-state index contributed by atoms with van der Waals surface area (Å²) < 4.78 is 39.9. The van der Waals surface area contributed by atoms with Crippen molar-refractivity contribution in [3.8, 4) is 0 Å².